The number of hydrogen-bond acceptors (Lipinski definition) is 5. The number of nitrogens with one attached hydrogen (secondary N) is 1. The Hall–Kier alpha value is -3.29. The lowest BCUT2D eigenvalue weighted by Crippen LogP contribution is -2.17. The van der Waals surface area contributed by atoms with Gasteiger partial charge in [0.2, 0.25) is 5.75 Å². The predicted molar refractivity (Wildman–Crippen MR) is 76.2 cm³/mol. The number of phenolic OH excluding ortho intramolecular Hbond substituents is 1. The molecular formula is C14H10FN3O4. The second-order valence-electron chi connectivity index (χ2n) is 4.18. The number of carbonyl (C=O) groups excluding carboxylic acids is 1. The topological polar surface area (TPSA) is 105 Å². The summed E-state index contributed by atoms with van der Waals surface area (Å²) in [5, 5.41) is 24.0. The van der Waals surface area contributed by atoms with Gasteiger partial charge in [-0.05, 0) is 30.3 Å². The Morgan fingerprint density at radius 1 is 1.27 bits per heavy atom. The van der Waals surface area contributed by atoms with Gasteiger partial charge in [0.15, 0.2) is 0 Å². The number of amides is 1. The van der Waals surface area contributed by atoms with Crippen molar-refractivity contribution in [3.8, 4) is 5.75 Å². The van der Waals surface area contributed by atoms with Crippen LogP contribution in [0.4, 0.5) is 10.1 Å². The van der Waals surface area contributed by atoms with Crippen LogP contribution < -0.4 is 5.43 Å². The molecule has 0 aliphatic rings. The Balaban J connectivity index is 2.10. The van der Waals surface area contributed by atoms with Crippen LogP contribution in [0.3, 0.4) is 0 Å². The molecule has 8 heteroatoms. The van der Waals surface area contributed by atoms with Crippen molar-refractivity contribution < 1.29 is 19.2 Å². The van der Waals surface area contributed by atoms with Crippen LogP contribution >= 0.6 is 0 Å². The maximum Gasteiger partial charge on any atom is 0.311 e. The number of nitro benzene ring substituents is 1. The molecule has 0 fully saturated rings. The molecule has 2 rings (SSSR count). The second kappa shape index (κ2) is 6.44. The van der Waals surface area contributed by atoms with Gasteiger partial charge in [-0.1, -0.05) is 6.07 Å². The zero-order valence-corrected chi connectivity index (χ0v) is 11.1. The zero-order valence-electron chi connectivity index (χ0n) is 11.1. The fourth-order valence-corrected chi connectivity index (χ4v) is 1.63. The average Bonchev–Trinajstić information content (AvgIpc) is 2.49. The highest BCUT2D eigenvalue weighted by Crippen LogP contribution is 2.27. The lowest BCUT2D eigenvalue weighted by molar-refractivity contribution is -0.385. The highest BCUT2D eigenvalue weighted by Gasteiger charge is 2.15. The molecule has 2 aromatic carbocycles. The normalized spacial score (nSPS) is 10.6. The standard InChI is InChI=1S/C14H10FN3O4/c15-11-6-4-9(5-7-11)14(20)17-16-8-10-2-1-3-12(13(10)19)18(21)22/h1-8,19H,(H,17,20). The third-order valence-electron chi connectivity index (χ3n) is 2.72. The molecule has 0 saturated carbocycles. The van der Waals surface area contributed by atoms with Crippen LogP contribution in [0.25, 0.3) is 0 Å². The number of hydrogen-bond donors (Lipinski definition) is 2. The number of phenols is 1. The van der Waals surface area contributed by atoms with Crippen LogP contribution in [-0.4, -0.2) is 22.2 Å². The van der Waals surface area contributed by atoms with Gasteiger partial charge < -0.3 is 5.11 Å². The van der Waals surface area contributed by atoms with Crippen molar-refractivity contribution in [3.05, 3.63) is 69.5 Å². The molecule has 0 atom stereocenters. The van der Waals surface area contributed by atoms with Gasteiger partial charge in [-0.2, -0.15) is 5.10 Å². The van der Waals surface area contributed by atoms with Crippen LogP contribution in [0, 0.1) is 15.9 Å². The molecule has 0 aliphatic carbocycles. The molecule has 0 aromatic heterocycles. The van der Waals surface area contributed by atoms with Crippen LogP contribution in [0.1, 0.15) is 15.9 Å². The zero-order chi connectivity index (χ0) is 16.1. The van der Waals surface area contributed by atoms with E-state index >= 15 is 0 Å². The van der Waals surface area contributed by atoms with Gasteiger partial charge in [-0.3, -0.25) is 14.9 Å². The number of carbonyl (C=O) groups is 1. The molecule has 0 saturated heterocycles. The third-order valence-corrected chi connectivity index (χ3v) is 2.72. The van der Waals surface area contributed by atoms with E-state index in [-0.39, 0.29) is 11.1 Å². The molecule has 1 amide bonds. The van der Waals surface area contributed by atoms with Crippen molar-refractivity contribution in [3.63, 3.8) is 0 Å². The van der Waals surface area contributed by atoms with Crippen molar-refractivity contribution >= 4 is 17.8 Å². The number of aromatic hydroxyl groups is 1. The van der Waals surface area contributed by atoms with Crippen LogP contribution in [-0.2, 0) is 0 Å². The highest BCUT2D eigenvalue weighted by atomic mass is 19.1. The second-order valence-corrected chi connectivity index (χ2v) is 4.18. The first-order valence-corrected chi connectivity index (χ1v) is 6.04. The Morgan fingerprint density at radius 3 is 2.59 bits per heavy atom. The summed E-state index contributed by atoms with van der Waals surface area (Å²) in [7, 11) is 0. The first-order chi connectivity index (χ1) is 10.5. The van der Waals surface area contributed by atoms with Crippen LogP contribution in [0.15, 0.2) is 47.6 Å². The molecular weight excluding hydrogens is 293 g/mol. The highest BCUT2D eigenvalue weighted by molar-refractivity contribution is 5.95. The van der Waals surface area contributed by atoms with E-state index in [1.165, 1.54) is 24.3 Å². The minimum Gasteiger partial charge on any atom is -0.502 e. The Labute approximate surface area is 123 Å². The number of halogens is 1. The van der Waals surface area contributed by atoms with E-state index in [1.54, 1.807) is 0 Å². The van der Waals surface area contributed by atoms with Crippen molar-refractivity contribution in [1.82, 2.24) is 5.43 Å². The Bertz CT molecular complexity index is 744. The molecule has 22 heavy (non-hydrogen) atoms. The molecule has 0 radical (unpaired) electrons. The minimum absolute atomic E-state index is 0.0774. The first kappa shape index (κ1) is 15.1. The van der Waals surface area contributed by atoms with Crippen molar-refractivity contribution in [2.45, 2.75) is 0 Å². The maximum absolute atomic E-state index is 12.7. The first-order valence-electron chi connectivity index (χ1n) is 6.04. The molecule has 0 spiro atoms. The van der Waals surface area contributed by atoms with E-state index in [0.29, 0.717) is 0 Å². The van der Waals surface area contributed by atoms with Crippen molar-refractivity contribution in [1.29, 1.82) is 0 Å². The summed E-state index contributed by atoms with van der Waals surface area (Å²) in [5.74, 6) is -1.60. The SMILES string of the molecule is O=C(NN=Cc1cccc([N+](=O)[O-])c1O)c1ccc(F)cc1. The van der Waals surface area contributed by atoms with Crippen LogP contribution in [0.2, 0.25) is 0 Å². The van der Waals surface area contributed by atoms with Crippen LogP contribution in [0.5, 0.6) is 5.75 Å². The number of nitro groups is 1. The van der Waals surface area contributed by atoms with Gasteiger partial charge in [0.1, 0.15) is 5.82 Å². The molecule has 0 bridgehead atoms. The summed E-state index contributed by atoms with van der Waals surface area (Å²) >= 11 is 0. The monoisotopic (exact) mass is 303 g/mol. The largest absolute Gasteiger partial charge is 0.502 e. The van der Waals surface area contributed by atoms with Gasteiger partial charge in [-0.15, -0.1) is 0 Å². The Kier molecular flexibility index (Phi) is 4.42. The summed E-state index contributed by atoms with van der Waals surface area (Å²) in [5.41, 5.74) is 1.98. The number of nitrogens with zero attached hydrogens (tertiary/aromatic N) is 2. The molecule has 2 N–H and O–H groups in total. The van der Waals surface area contributed by atoms with Gasteiger partial charge in [0.05, 0.1) is 11.1 Å². The van der Waals surface area contributed by atoms with Gasteiger partial charge in [0.25, 0.3) is 5.91 Å². The molecule has 7 nitrogen and oxygen atoms in total. The number of benzene rings is 2. The Morgan fingerprint density at radius 2 is 1.95 bits per heavy atom. The van der Waals surface area contributed by atoms with Crippen molar-refractivity contribution in [2.75, 3.05) is 0 Å². The third kappa shape index (κ3) is 3.42. The predicted octanol–water partition coefficient (Wildman–Crippen LogP) is 2.20. The average molecular weight is 303 g/mol. The van der Waals surface area contributed by atoms with Gasteiger partial charge in [0, 0.05) is 17.2 Å². The number of hydrazone groups is 1. The minimum atomic E-state index is -0.732. The fraction of sp³-hybridized carbons (Fsp3) is 0. The number of rotatable bonds is 4. The molecule has 0 unspecified atom stereocenters. The van der Waals surface area contributed by atoms with E-state index in [2.05, 4.69) is 10.5 Å². The van der Waals surface area contributed by atoms with E-state index < -0.39 is 28.1 Å². The van der Waals surface area contributed by atoms with Crippen molar-refractivity contribution in [2.24, 2.45) is 5.10 Å². The molecule has 0 aliphatic heterocycles. The summed E-state index contributed by atoms with van der Waals surface area (Å²) in [6, 6.07) is 8.74. The quantitative estimate of drug-likeness (QED) is 0.513. The molecule has 0 heterocycles. The summed E-state index contributed by atoms with van der Waals surface area (Å²) < 4.78 is 12.7. The molecule has 112 valence electrons. The molecule has 2 aromatic rings. The fourth-order valence-electron chi connectivity index (χ4n) is 1.63. The lowest BCUT2D eigenvalue weighted by Gasteiger charge is -2.01. The maximum atomic E-state index is 12.7. The smallest absolute Gasteiger partial charge is 0.311 e. The van der Waals surface area contributed by atoms with E-state index in [1.807, 2.05) is 0 Å². The lowest BCUT2D eigenvalue weighted by atomic mass is 10.2. The summed E-state index contributed by atoms with van der Waals surface area (Å²) in [6.07, 6.45) is 1.07. The van der Waals surface area contributed by atoms with E-state index in [4.69, 9.17) is 0 Å². The summed E-state index contributed by atoms with van der Waals surface area (Å²) in [6.45, 7) is 0. The summed E-state index contributed by atoms with van der Waals surface area (Å²) in [4.78, 5) is 21.6. The van der Waals surface area contributed by atoms with Gasteiger partial charge in [-0.25, -0.2) is 9.82 Å². The van der Waals surface area contributed by atoms with Gasteiger partial charge >= 0.3 is 5.69 Å². The number of para-hydroxylation sites is 1. The van der Waals surface area contributed by atoms with E-state index in [0.717, 1.165) is 24.4 Å². The van der Waals surface area contributed by atoms with E-state index in [9.17, 15) is 24.4 Å².